The van der Waals surface area contributed by atoms with Crippen LogP contribution in [0.5, 0.6) is 0 Å². The lowest BCUT2D eigenvalue weighted by atomic mass is 9.80. The Kier molecular flexibility index (Phi) is 4.91. The van der Waals surface area contributed by atoms with Crippen molar-refractivity contribution in [3.8, 4) is 34.2 Å². The Morgan fingerprint density at radius 1 is 0.529 bits per heavy atom. The molecule has 0 bridgehead atoms. The van der Waals surface area contributed by atoms with Crippen molar-refractivity contribution in [2.24, 2.45) is 0 Å². The number of hydrogen-bond acceptors (Lipinski definition) is 6. The molecule has 34 heavy (non-hydrogen) atoms. The number of nitrogens with zero attached hydrogens (tertiary/aromatic N) is 3. The molecule has 6 rings (SSSR count). The number of benzene rings is 4. The van der Waals surface area contributed by atoms with Crippen molar-refractivity contribution in [1.29, 1.82) is 0 Å². The topological polar surface area (TPSA) is 92.3 Å². The molecule has 162 valence electrons. The third-order valence-corrected chi connectivity index (χ3v) is 5.77. The number of fused-ring (bicyclic) bond motifs is 3. The van der Waals surface area contributed by atoms with Crippen LogP contribution >= 0.6 is 0 Å². The summed E-state index contributed by atoms with van der Waals surface area (Å²) < 4.78 is 6.06. The third-order valence-electron chi connectivity index (χ3n) is 5.77. The first kappa shape index (κ1) is 20.3. The minimum Gasteiger partial charge on any atom is -0.456 e. The summed E-state index contributed by atoms with van der Waals surface area (Å²) in [6.45, 7) is 0. The molecule has 0 spiro atoms. The van der Waals surface area contributed by atoms with E-state index in [2.05, 4.69) is 0 Å². The number of para-hydroxylation sites is 1. The molecule has 0 aliphatic carbocycles. The van der Waals surface area contributed by atoms with Gasteiger partial charge in [-0.05, 0) is 23.7 Å². The summed E-state index contributed by atoms with van der Waals surface area (Å²) in [5.41, 5.74) is 4.44. The highest BCUT2D eigenvalue weighted by Crippen LogP contribution is 2.32. The van der Waals surface area contributed by atoms with E-state index in [0.29, 0.717) is 22.9 Å². The fourth-order valence-electron chi connectivity index (χ4n) is 4.02. The molecule has 0 radical (unpaired) electrons. The molecule has 0 aliphatic heterocycles. The van der Waals surface area contributed by atoms with Crippen molar-refractivity contribution in [2.45, 2.75) is 0 Å². The standard InChI is InChI=1S/C27H18BN3O3/c32-28(33)20-13-10-18(11-14-20)26-29-25(17-6-2-1-3-7-17)30-27(31-26)19-12-15-22-21-8-4-5-9-23(21)34-24(22)16-19/h1-16,32-33H. The molecular formula is C27H18BN3O3. The molecule has 4 aromatic carbocycles. The van der Waals surface area contributed by atoms with Crippen LogP contribution in [-0.4, -0.2) is 32.1 Å². The van der Waals surface area contributed by atoms with Gasteiger partial charge >= 0.3 is 7.12 Å². The number of aromatic nitrogens is 3. The molecule has 0 fully saturated rings. The van der Waals surface area contributed by atoms with Crippen LogP contribution in [0.25, 0.3) is 56.1 Å². The minimum atomic E-state index is -1.53. The van der Waals surface area contributed by atoms with E-state index in [1.807, 2.05) is 72.8 Å². The largest absolute Gasteiger partial charge is 0.488 e. The molecule has 0 saturated carbocycles. The zero-order valence-corrected chi connectivity index (χ0v) is 18.0. The van der Waals surface area contributed by atoms with Gasteiger partial charge in [0, 0.05) is 27.5 Å². The van der Waals surface area contributed by atoms with E-state index in [4.69, 9.17) is 19.4 Å². The SMILES string of the molecule is OB(O)c1ccc(-c2nc(-c3ccccc3)nc(-c3ccc4c(c3)oc3ccccc34)n2)cc1. The van der Waals surface area contributed by atoms with Crippen LogP contribution in [0.15, 0.2) is 101 Å². The smallest absolute Gasteiger partial charge is 0.456 e. The van der Waals surface area contributed by atoms with Gasteiger partial charge < -0.3 is 14.5 Å². The van der Waals surface area contributed by atoms with Gasteiger partial charge in [0.1, 0.15) is 11.2 Å². The predicted molar refractivity (Wildman–Crippen MR) is 133 cm³/mol. The Morgan fingerprint density at radius 2 is 1.09 bits per heavy atom. The molecule has 0 amide bonds. The molecule has 6 aromatic rings. The van der Waals surface area contributed by atoms with Crippen LogP contribution in [0, 0.1) is 0 Å². The Balaban J connectivity index is 1.52. The second kappa shape index (κ2) is 8.22. The molecule has 7 heteroatoms. The first-order chi connectivity index (χ1) is 16.7. The van der Waals surface area contributed by atoms with Crippen LogP contribution in [0.2, 0.25) is 0 Å². The van der Waals surface area contributed by atoms with Gasteiger partial charge in [0.15, 0.2) is 17.5 Å². The van der Waals surface area contributed by atoms with E-state index in [1.165, 1.54) is 0 Å². The summed E-state index contributed by atoms with van der Waals surface area (Å²) in [6.07, 6.45) is 0. The zero-order chi connectivity index (χ0) is 23.1. The van der Waals surface area contributed by atoms with E-state index in [9.17, 15) is 10.0 Å². The van der Waals surface area contributed by atoms with Crippen molar-refractivity contribution in [2.75, 3.05) is 0 Å². The summed E-state index contributed by atoms with van der Waals surface area (Å²) in [7, 11) is -1.53. The molecule has 0 atom stereocenters. The van der Waals surface area contributed by atoms with E-state index in [-0.39, 0.29) is 0 Å². The Hall–Kier alpha value is -4.33. The van der Waals surface area contributed by atoms with Gasteiger partial charge in [0.05, 0.1) is 0 Å². The normalized spacial score (nSPS) is 11.2. The second-order valence-corrected chi connectivity index (χ2v) is 7.98. The quantitative estimate of drug-likeness (QED) is 0.391. The van der Waals surface area contributed by atoms with E-state index in [1.54, 1.807) is 24.3 Å². The van der Waals surface area contributed by atoms with Gasteiger partial charge in [-0.2, -0.15) is 0 Å². The maximum absolute atomic E-state index is 9.42. The first-order valence-electron chi connectivity index (χ1n) is 10.9. The summed E-state index contributed by atoms with van der Waals surface area (Å²) >= 11 is 0. The predicted octanol–water partition coefficient (Wildman–Crippen LogP) is 4.45. The Labute approximate surface area is 195 Å². The van der Waals surface area contributed by atoms with Crippen LogP contribution < -0.4 is 5.46 Å². The maximum Gasteiger partial charge on any atom is 0.488 e. The van der Waals surface area contributed by atoms with E-state index >= 15 is 0 Å². The summed E-state index contributed by atoms with van der Waals surface area (Å²) in [4.78, 5) is 14.2. The highest BCUT2D eigenvalue weighted by molar-refractivity contribution is 6.58. The first-order valence-corrected chi connectivity index (χ1v) is 10.9. The van der Waals surface area contributed by atoms with Crippen molar-refractivity contribution in [1.82, 2.24) is 15.0 Å². The molecule has 0 aliphatic rings. The average Bonchev–Trinajstić information content (AvgIpc) is 3.27. The average molecular weight is 443 g/mol. The van der Waals surface area contributed by atoms with Crippen molar-refractivity contribution in [3.05, 3.63) is 97.1 Å². The lowest BCUT2D eigenvalue weighted by Gasteiger charge is -2.09. The van der Waals surface area contributed by atoms with Crippen molar-refractivity contribution >= 4 is 34.5 Å². The molecule has 0 saturated heterocycles. The molecule has 2 N–H and O–H groups in total. The summed E-state index contributed by atoms with van der Waals surface area (Å²) in [5.74, 6) is 1.57. The van der Waals surface area contributed by atoms with Gasteiger partial charge in [-0.1, -0.05) is 78.9 Å². The highest BCUT2D eigenvalue weighted by Gasteiger charge is 2.15. The fourth-order valence-corrected chi connectivity index (χ4v) is 4.02. The van der Waals surface area contributed by atoms with Gasteiger partial charge in [-0.3, -0.25) is 0 Å². The highest BCUT2D eigenvalue weighted by atomic mass is 16.4. The number of rotatable bonds is 4. The molecular weight excluding hydrogens is 425 g/mol. The lowest BCUT2D eigenvalue weighted by molar-refractivity contribution is 0.426. The zero-order valence-electron chi connectivity index (χ0n) is 18.0. The molecule has 2 aromatic heterocycles. The third kappa shape index (κ3) is 3.63. The number of furan rings is 1. The van der Waals surface area contributed by atoms with E-state index < -0.39 is 7.12 Å². The summed E-state index contributed by atoms with van der Waals surface area (Å²) in [6, 6.07) is 30.5. The lowest BCUT2D eigenvalue weighted by Crippen LogP contribution is -2.29. The Morgan fingerprint density at radius 3 is 1.79 bits per heavy atom. The molecule has 2 heterocycles. The monoisotopic (exact) mass is 443 g/mol. The van der Waals surface area contributed by atoms with Crippen LogP contribution in [0.1, 0.15) is 0 Å². The van der Waals surface area contributed by atoms with Crippen LogP contribution in [0.3, 0.4) is 0 Å². The van der Waals surface area contributed by atoms with E-state index in [0.717, 1.165) is 38.6 Å². The summed E-state index contributed by atoms with van der Waals surface area (Å²) in [5, 5.41) is 20.9. The van der Waals surface area contributed by atoms with Gasteiger partial charge in [0.2, 0.25) is 0 Å². The van der Waals surface area contributed by atoms with Crippen molar-refractivity contribution in [3.63, 3.8) is 0 Å². The van der Waals surface area contributed by atoms with Crippen LogP contribution in [-0.2, 0) is 0 Å². The van der Waals surface area contributed by atoms with Gasteiger partial charge in [-0.25, -0.2) is 15.0 Å². The fraction of sp³-hybridized carbons (Fsp3) is 0. The molecule has 6 nitrogen and oxygen atoms in total. The minimum absolute atomic E-state index is 0.400. The van der Waals surface area contributed by atoms with Crippen LogP contribution in [0.4, 0.5) is 0 Å². The van der Waals surface area contributed by atoms with Gasteiger partial charge in [-0.15, -0.1) is 0 Å². The Bertz CT molecular complexity index is 1630. The second-order valence-electron chi connectivity index (χ2n) is 7.98. The molecule has 0 unspecified atom stereocenters. The number of hydrogen-bond donors (Lipinski definition) is 2. The maximum atomic E-state index is 9.42. The van der Waals surface area contributed by atoms with Gasteiger partial charge in [0.25, 0.3) is 0 Å². The van der Waals surface area contributed by atoms with Crippen molar-refractivity contribution < 1.29 is 14.5 Å².